The van der Waals surface area contributed by atoms with Crippen LogP contribution >= 0.6 is 11.6 Å². The van der Waals surface area contributed by atoms with Crippen LogP contribution in [0.3, 0.4) is 0 Å². The summed E-state index contributed by atoms with van der Waals surface area (Å²) < 4.78 is 5.17. The van der Waals surface area contributed by atoms with E-state index in [-0.39, 0.29) is 5.92 Å². The van der Waals surface area contributed by atoms with Crippen LogP contribution in [-0.2, 0) is 0 Å². The van der Waals surface area contributed by atoms with Crippen LogP contribution in [-0.4, -0.2) is 10.1 Å². The molecule has 0 fully saturated rings. The van der Waals surface area contributed by atoms with E-state index < -0.39 is 6.04 Å². The number of aromatic nitrogens is 2. The first-order chi connectivity index (χ1) is 8.49. The summed E-state index contributed by atoms with van der Waals surface area (Å²) in [5.41, 5.74) is 8.13. The predicted molar refractivity (Wildman–Crippen MR) is 70.6 cm³/mol. The van der Waals surface area contributed by atoms with Gasteiger partial charge in [-0.15, -0.1) is 0 Å². The number of halogens is 1. The van der Waals surface area contributed by atoms with Crippen LogP contribution in [0.1, 0.15) is 48.6 Å². The molecular formula is C13H16ClN3O. The molecule has 0 radical (unpaired) electrons. The number of nitrogens with two attached hydrogens (primary N) is 1. The summed E-state index contributed by atoms with van der Waals surface area (Å²) >= 11 is 5.92. The lowest BCUT2D eigenvalue weighted by Gasteiger charge is -2.11. The number of nitrogens with zero attached hydrogens (tertiary/aromatic N) is 2. The molecule has 1 aromatic carbocycles. The molecule has 1 heterocycles. The van der Waals surface area contributed by atoms with E-state index in [1.165, 1.54) is 0 Å². The summed E-state index contributed by atoms with van der Waals surface area (Å²) in [5.74, 6) is 1.31. The molecule has 18 heavy (non-hydrogen) atoms. The Morgan fingerprint density at radius 1 is 1.33 bits per heavy atom. The fourth-order valence-electron chi connectivity index (χ4n) is 1.74. The van der Waals surface area contributed by atoms with E-state index in [9.17, 15) is 0 Å². The van der Waals surface area contributed by atoms with Gasteiger partial charge in [-0.25, -0.2) is 0 Å². The van der Waals surface area contributed by atoms with E-state index in [0.29, 0.717) is 16.7 Å². The van der Waals surface area contributed by atoms with E-state index in [1.807, 2.05) is 39.0 Å². The van der Waals surface area contributed by atoms with Gasteiger partial charge >= 0.3 is 0 Å². The van der Waals surface area contributed by atoms with Gasteiger partial charge in [0.25, 0.3) is 0 Å². The van der Waals surface area contributed by atoms with Gasteiger partial charge in [0.15, 0.2) is 5.82 Å². The number of hydrogen-bond donors (Lipinski definition) is 1. The molecular weight excluding hydrogens is 250 g/mol. The second kappa shape index (κ2) is 5.08. The minimum atomic E-state index is -0.390. The fourth-order valence-corrected chi connectivity index (χ4v) is 1.96. The van der Waals surface area contributed by atoms with Crippen molar-refractivity contribution in [3.8, 4) is 0 Å². The Kier molecular flexibility index (Phi) is 3.68. The first-order valence-electron chi connectivity index (χ1n) is 5.84. The summed E-state index contributed by atoms with van der Waals surface area (Å²) in [6.45, 7) is 5.96. The minimum Gasteiger partial charge on any atom is -0.339 e. The first-order valence-corrected chi connectivity index (χ1v) is 6.22. The summed E-state index contributed by atoms with van der Waals surface area (Å²) in [4.78, 5) is 4.31. The van der Waals surface area contributed by atoms with Crippen LogP contribution in [0.5, 0.6) is 0 Å². The molecule has 0 amide bonds. The number of benzene rings is 1. The molecule has 1 aromatic heterocycles. The smallest absolute Gasteiger partial charge is 0.229 e. The number of rotatable bonds is 3. The van der Waals surface area contributed by atoms with E-state index >= 15 is 0 Å². The zero-order valence-corrected chi connectivity index (χ0v) is 11.4. The maximum Gasteiger partial charge on any atom is 0.229 e. The van der Waals surface area contributed by atoms with Gasteiger partial charge in [0, 0.05) is 10.9 Å². The lowest BCUT2D eigenvalue weighted by Crippen LogP contribution is -2.15. The highest BCUT2D eigenvalue weighted by molar-refractivity contribution is 6.30. The molecule has 4 nitrogen and oxygen atoms in total. The zero-order chi connectivity index (χ0) is 13.3. The second-order valence-corrected chi connectivity index (χ2v) is 5.06. The van der Waals surface area contributed by atoms with Crippen LogP contribution in [0.2, 0.25) is 5.02 Å². The van der Waals surface area contributed by atoms with Crippen LogP contribution in [0, 0.1) is 6.92 Å². The fraction of sp³-hybridized carbons (Fsp3) is 0.385. The van der Waals surface area contributed by atoms with Crippen molar-refractivity contribution in [2.45, 2.75) is 32.7 Å². The van der Waals surface area contributed by atoms with Gasteiger partial charge in [-0.05, 0) is 30.2 Å². The third kappa shape index (κ3) is 2.54. The lowest BCUT2D eigenvalue weighted by atomic mass is 10.0. The van der Waals surface area contributed by atoms with Crippen molar-refractivity contribution in [2.75, 3.05) is 0 Å². The maximum absolute atomic E-state index is 6.15. The van der Waals surface area contributed by atoms with Crippen LogP contribution in [0.15, 0.2) is 22.7 Å². The molecule has 0 aliphatic rings. The van der Waals surface area contributed by atoms with E-state index in [4.69, 9.17) is 21.9 Å². The molecule has 1 atom stereocenters. The van der Waals surface area contributed by atoms with Gasteiger partial charge in [0.1, 0.15) is 0 Å². The average Bonchev–Trinajstić information content (AvgIpc) is 2.77. The standard InChI is InChI=1S/C13H16ClN3O/c1-7(2)13-16-12(17-18-13)11(15)10-5-4-9(14)6-8(10)3/h4-7,11H,15H2,1-3H3. The summed E-state index contributed by atoms with van der Waals surface area (Å²) in [5, 5.41) is 4.63. The van der Waals surface area contributed by atoms with Gasteiger partial charge in [-0.3, -0.25) is 0 Å². The molecule has 0 aliphatic heterocycles. The average molecular weight is 266 g/mol. The Morgan fingerprint density at radius 2 is 2.06 bits per heavy atom. The Balaban J connectivity index is 2.32. The largest absolute Gasteiger partial charge is 0.339 e. The van der Waals surface area contributed by atoms with Crippen LogP contribution in [0.4, 0.5) is 0 Å². The van der Waals surface area contributed by atoms with Crippen molar-refractivity contribution in [3.63, 3.8) is 0 Å². The molecule has 96 valence electrons. The molecule has 2 aromatic rings. The Labute approximate surface area is 111 Å². The van der Waals surface area contributed by atoms with E-state index in [1.54, 1.807) is 0 Å². The number of aryl methyl sites for hydroxylation is 1. The summed E-state index contributed by atoms with van der Waals surface area (Å²) in [7, 11) is 0. The van der Waals surface area contributed by atoms with Gasteiger partial charge in [0.2, 0.25) is 5.89 Å². The van der Waals surface area contributed by atoms with Crippen molar-refractivity contribution in [3.05, 3.63) is 46.1 Å². The van der Waals surface area contributed by atoms with Gasteiger partial charge in [-0.1, -0.05) is 36.7 Å². The lowest BCUT2D eigenvalue weighted by molar-refractivity contribution is 0.359. The Hall–Kier alpha value is -1.39. The summed E-state index contributed by atoms with van der Waals surface area (Å²) in [6.07, 6.45) is 0. The third-order valence-electron chi connectivity index (χ3n) is 2.80. The molecule has 1 unspecified atom stereocenters. The van der Waals surface area contributed by atoms with Crippen molar-refractivity contribution in [2.24, 2.45) is 5.73 Å². The first kappa shape index (κ1) is 13.1. The van der Waals surface area contributed by atoms with E-state index in [0.717, 1.165) is 11.1 Å². The van der Waals surface area contributed by atoms with Crippen LogP contribution < -0.4 is 5.73 Å². The number of hydrogen-bond acceptors (Lipinski definition) is 4. The highest BCUT2D eigenvalue weighted by Crippen LogP contribution is 2.24. The molecule has 5 heteroatoms. The minimum absolute atomic E-state index is 0.199. The third-order valence-corrected chi connectivity index (χ3v) is 3.03. The van der Waals surface area contributed by atoms with Gasteiger partial charge in [0.05, 0.1) is 6.04 Å². The monoisotopic (exact) mass is 265 g/mol. The topological polar surface area (TPSA) is 64.9 Å². The molecule has 2 rings (SSSR count). The molecule has 0 saturated heterocycles. The predicted octanol–water partition coefficient (Wildman–Crippen LogP) is 3.20. The van der Waals surface area contributed by atoms with E-state index in [2.05, 4.69) is 10.1 Å². The Morgan fingerprint density at radius 3 is 2.61 bits per heavy atom. The Bertz CT molecular complexity index is 551. The van der Waals surface area contributed by atoms with Crippen molar-refractivity contribution >= 4 is 11.6 Å². The highest BCUT2D eigenvalue weighted by Gasteiger charge is 2.19. The molecule has 0 saturated carbocycles. The van der Waals surface area contributed by atoms with Crippen molar-refractivity contribution < 1.29 is 4.52 Å². The normalized spacial score (nSPS) is 13.0. The zero-order valence-electron chi connectivity index (χ0n) is 10.6. The van der Waals surface area contributed by atoms with Gasteiger partial charge in [-0.2, -0.15) is 4.98 Å². The highest BCUT2D eigenvalue weighted by atomic mass is 35.5. The quantitative estimate of drug-likeness (QED) is 0.926. The second-order valence-electron chi connectivity index (χ2n) is 4.62. The molecule has 2 N–H and O–H groups in total. The molecule has 0 spiro atoms. The maximum atomic E-state index is 6.15. The molecule has 0 bridgehead atoms. The van der Waals surface area contributed by atoms with Crippen molar-refractivity contribution in [1.29, 1.82) is 0 Å². The summed E-state index contributed by atoms with van der Waals surface area (Å²) in [6, 6.07) is 5.19. The van der Waals surface area contributed by atoms with Crippen LogP contribution in [0.25, 0.3) is 0 Å². The van der Waals surface area contributed by atoms with Crippen molar-refractivity contribution in [1.82, 2.24) is 10.1 Å². The SMILES string of the molecule is Cc1cc(Cl)ccc1C(N)c1noc(C(C)C)n1. The molecule has 0 aliphatic carbocycles. The van der Waals surface area contributed by atoms with Gasteiger partial charge < -0.3 is 10.3 Å².